The summed E-state index contributed by atoms with van der Waals surface area (Å²) in [4.78, 5) is 28.9. The zero-order valence-electron chi connectivity index (χ0n) is 24.5. The third-order valence-electron chi connectivity index (χ3n) is 7.61. The highest BCUT2D eigenvalue weighted by Gasteiger charge is 2.64. The molecule has 2 amide bonds. The number of benzene rings is 2. The molecule has 1 saturated carbocycles. The molecule has 2 heterocycles. The van der Waals surface area contributed by atoms with Gasteiger partial charge in [0.25, 0.3) is 5.91 Å². The Bertz CT molecular complexity index is 1680. The molecular weight excluding hydrogens is 647 g/mol. The molecule has 5 rings (SSSR count). The summed E-state index contributed by atoms with van der Waals surface area (Å²) in [7, 11) is 2.06. The number of alkyl halides is 6. The van der Waals surface area contributed by atoms with E-state index in [1.54, 1.807) is 5.32 Å². The molecule has 1 unspecified atom stereocenters. The lowest BCUT2D eigenvalue weighted by molar-refractivity contribution is -0.265. The van der Waals surface area contributed by atoms with Crippen LogP contribution < -0.4 is 24.8 Å². The number of nitrogens with zero attached hydrogens (tertiary/aromatic N) is 1. The zero-order valence-corrected chi connectivity index (χ0v) is 24.5. The highest BCUT2D eigenvalue weighted by Crippen LogP contribution is 2.52. The first-order valence-electron chi connectivity index (χ1n) is 13.8. The number of carbonyl (C=O) groups is 2. The summed E-state index contributed by atoms with van der Waals surface area (Å²) in [5.74, 6) is -2.17. The molecule has 1 aromatic heterocycles. The Morgan fingerprint density at radius 3 is 2.28 bits per heavy atom. The summed E-state index contributed by atoms with van der Waals surface area (Å²) in [6.45, 7) is -2.96. The fraction of sp³-hybridized carbons (Fsp3) is 0.367. The Kier molecular flexibility index (Phi) is 8.64. The number of hydrogen-bond donors (Lipinski definition) is 3. The number of nitrogens with one attached hydrogen (secondary N) is 2. The molecule has 0 bridgehead atoms. The lowest BCUT2D eigenvalue weighted by atomic mass is 9.87. The molecule has 47 heavy (non-hydrogen) atoms. The average molecular weight is 674 g/mol. The smallest absolute Gasteiger partial charge is 0.424 e. The van der Waals surface area contributed by atoms with E-state index in [0.717, 1.165) is 44.2 Å². The van der Waals surface area contributed by atoms with Crippen LogP contribution in [0.15, 0.2) is 48.5 Å². The summed E-state index contributed by atoms with van der Waals surface area (Å²) in [5.41, 5.74) is -11.0. The van der Waals surface area contributed by atoms with Crippen molar-refractivity contribution >= 4 is 12.0 Å². The van der Waals surface area contributed by atoms with Crippen molar-refractivity contribution in [1.29, 1.82) is 0 Å². The second kappa shape index (κ2) is 12.1. The molecule has 1 fully saturated rings. The number of carbonyl (C=O) groups excluding carboxylic acids is 2. The Morgan fingerprint density at radius 2 is 1.70 bits per heavy atom. The number of alkyl carbamates (subject to hydrolysis) is 1. The van der Waals surface area contributed by atoms with Gasteiger partial charge in [-0.2, -0.15) is 26.3 Å². The Balaban J connectivity index is 1.60. The van der Waals surface area contributed by atoms with Gasteiger partial charge in [-0.1, -0.05) is 0 Å². The molecule has 1 aliphatic heterocycles. The molecule has 3 aromatic rings. The van der Waals surface area contributed by atoms with Crippen molar-refractivity contribution in [2.24, 2.45) is 0 Å². The minimum Gasteiger partial charge on any atom is -0.493 e. The minimum atomic E-state index is -5.64. The van der Waals surface area contributed by atoms with Gasteiger partial charge in [0.1, 0.15) is 18.1 Å². The first-order valence-corrected chi connectivity index (χ1v) is 13.8. The molecule has 0 saturated heterocycles. The predicted octanol–water partition coefficient (Wildman–Crippen LogP) is 5.12. The number of rotatable bonds is 9. The van der Waals surface area contributed by atoms with Gasteiger partial charge in [0.05, 0.1) is 32.6 Å². The van der Waals surface area contributed by atoms with E-state index in [1.807, 2.05) is 5.32 Å². The third kappa shape index (κ3) is 6.31. The second-order valence-electron chi connectivity index (χ2n) is 10.8. The fourth-order valence-corrected chi connectivity index (χ4v) is 4.82. The fourth-order valence-electron chi connectivity index (χ4n) is 4.82. The van der Waals surface area contributed by atoms with Crippen LogP contribution in [0, 0.1) is 5.82 Å². The van der Waals surface area contributed by atoms with E-state index >= 15 is 0 Å². The van der Waals surface area contributed by atoms with Crippen molar-refractivity contribution in [3.05, 3.63) is 71.2 Å². The number of amides is 2. The highest BCUT2D eigenvalue weighted by molar-refractivity contribution is 5.95. The normalized spacial score (nSPS) is 18.8. The van der Waals surface area contributed by atoms with Crippen LogP contribution in [0.5, 0.6) is 17.2 Å². The van der Waals surface area contributed by atoms with E-state index < -0.39 is 77.2 Å². The molecule has 2 aromatic carbocycles. The van der Waals surface area contributed by atoms with Crippen molar-refractivity contribution < 1.29 is 64.4 Å². The van der Waals surface area contributed by atoms with Crippen LogP contribution in [-0.2, 0) is 15.9 Å². The van der Waals surface area contributed by atoms with Gasteiger partial charge >= 0.3 is 18.4 Å². The molecular formula is C30H26F7N3O7. The van der Waals surface area contributed by atoms with E-state index in [1.165, 1.54) is 25.3 Å². The van der Waals surface area contributed by atoms with Gasteiger partial charge in [-0.3, -0.25) is 4.79 Å². The van der Waals surface area contributed by atoms with Gasteiger partial charge in [-0.25, -0.2) is 14.2 Å². The van der Waals surface area contributed by atoms with Gasteiger partial charge in [0, 0.05) is 16.7 Å². The van der Waals surface area contributed by atoms with E-state index in [9.17, 15) is 45.4 Å². The number of hydrogen-bond acceptors (Lipinski definition) is 8. The summed E-state index contributed by atoms with van der Waals surface area (Å²) in [6, 6.07) is 7.90. The van der Waals surface area contributed by atoms with Crippen LogP contribution >= 0.6 is 0 Å². The molecule has 2 atom stereocenters. The topological polar surface area (TPSA) is 128 Å². The average Bonchev–Trinajstić information content (AvgIpc) is 3.76. The first-order chi connectivity index (χ1) is 22.0. The lowest BCUT2D eigenvalue weighted by Gasteiger charge is -2.33. The van der Waals surface area contributed by atoms with Crippen molar-refractivity contribution in [2.75, 3.05) is 27.4 Å². The second-order valence-corrected chi connectivity index (χ2v) is 10.8. The standard InChI is InChI=1S/C30H26F7N3O7/c1-44-21-11-16(5-10-20(21)47-18-8-9-18)25(41)38-13-28(43,30(35,36)37)22-12-19-24(23(39-22)15-3-6-17(31)7-4-15)46-14-27(19,29(32,33)34)40-26(42)45-2/h3-7,10-12,18,43H,8-9,13-14H2,1-2H3,(H,38,41)(H,40,42)/t27-,28?/m0/s1. The Morgan fingerprint density at radius 1 is 1.02 bits per heavy atom. The number of ether oxygens (including phenoxy) is 4. The van der Waals surface area contributed by atoms with Crippen molar-refractivity contribution in [2.45, 2.75) is 42.4 Å². The van der Waals surface area contributed by atoms with Gasteiger partial charge in [-0.15, -0.1) is 0 Å². The summed E-state index contributed by atoms with van der Waals surface area (Å²) < 4.78 is 122. The van der Waals surface area contributed by atoms with E-state index in [4.69, 9.17) is 14.2 Å². The Hall–Kier alpha value is -4.80. The predicted molar refractivity (Wildman–Crippen MR) is 147 cm³/mol. The van der Waals surface area contributed by atoms with Crippen LogP contribution in [0.4, 0.5) is 35.5 Å². The van der Waals surface area contributed by atoms with Crippen molar-refractivity contribution in [1.82, 2.24) is 15.6 Å². The van der Waals surface area contributed by atoms with E-state index in [-0.39, 0.29) is 29.0 Å². The molecule has 0 spiro atoms. The maximum absolute atomic E-state index is 14.7. The maximum atomic E-state index is 14.7. The summed E-state index contributed by atoms with van der Waals surface area (Å²) in [6.07, 6.45) is -11.0. The van der Waals surface area contributed by atoms with Crippen LogP contribution in [0.2, 0.25) is 0 Å². The van der Waals surface area contributed by atoms with Gasteiger partial charge in [0.2, 0.25) is 11.1 Å². The largest absolute Gasteiger partial charge is 0.493 e. The van der Waals surface area contributed by atoms with Crippen LogP contribution in [-0.4, -0.2) is 67.9 Å². The first kappa shape index (κ1) is 33.6. The number of halogens is 7. The highest BCUT2D eigenvalue weighted by atomic mass is 19.4. The van der Waals surface area contributed by atoms with Crippen molar-refractivity contribution in [3.63, 3.8) is 0 Å². The van der Waals surface area contributed by atoms with Gasteiger partial charge in [0.15, 0.2) is 17.2 Å². The summed E-state index contributed by atoms with van der Waals surface area (Å²) in [5, 5.41) is 14.7. The minimum absolute atomic E-state index is 0.0331. The third-order valence-corrected chi connectivity index (χ3v) is 7.61. The van der Waals surface area contributed by atoms with E-state index in [0.29, 0.717) is 5.75 Å². The molecule has 10 nitrogen and oxygen atoms in total. The quantitative estimate of drug-likeness (QED) is 0.267. The Labute approximate surface area is 261 Å². The molecule has 252 valence electrons. The molecule has 1 aliphatic carbocycles. The molecule has 17 heteroatoms. The number of pyridine rings is 1. The number of methoxy groups -OCH3 is 2. The maximum Gasteiger partial charge on any atom is 0.424 e. The zero-order chi connectivity index (χ0) is 34.4. The van der Waals surface area contributed by atoms with Gasteiger partial charge in [-0.05, 0) is 61.4 Å². The molecule has 3 N–H and O–H groups in total. The van der Waals surface area contributed by atoms with Gasteiger partial charge < -0.3 is 34.7 Å². The number of aliphatic hydroxyl groups is 1. The molecule has 0 radical (unpaired) electrons. The van der Waals surface area contributed by atoms with E-state index in [2.05, 4.69) is 9.72 Å². The lowest BCUT2D eigenvalue weighted by Crippen LogP contribution is -2.57. The van der Waals surface area contributed by atoms with Crippen LogP contribution in [0.1, 0.15) is 34.5 Å². The summed E-state index contributed by atoms with van der Waals surface area (Å²) >= 11 is 0. The monoisotopic (exact) mass is 673 g/mol. The number of fused-ring (bicyclic) bond motifs is 1. The number of aromatic nitrogens is 1. The van der Waals surface area contributed by atoms with Crippen LogP contribution in [0.3, 0.4) is 0 Å². The van der Waals surface area contributed by atoms with Crippen molar-refractivity contribution in [3.8, 4) is 28.5 Å². The SMILES string of the molecule is COC(=O)N[C@@]1(C(F)(F)F)COc2c1cc(C(O)(CNC(=O)c1ccc(OC3CC3)c(OC)c1)C(F)(F)F)nc2-c1ccc(F)cc1. The van der Waals surface area contributed by atoms with Crippen LogP contribution in [0.25, 0.3) is 11.3 Å². The molecule has 2 aliphatic rings.